The average Bonchev–Trinajstić information content (AvgIpc) is 3.14. The lowest BCUT2D eigenvalue weighted by molar-refractivity contribution is -0.113. The molecule has 0 radical (unpaired) electrons. The van der Waals surface area contributed by atoms with E-state index in [9.17, 15) is 18.4 Å². The lowest BCUT2D eigenvalue weighted by Gasteiger charge is -2.08. The van der Waals surface area contributed by atoms with Crippen LogP contribution >= 0.6 is 23.1 Å². The number of para-hydroxylation sites is 2. The summed E-state index contributed by atoms with van der Waals surface area (Å²) in [6.45, 7) is 0. The number of amides is 2. The van der Waals surface area contributed by atoms with Gasteiger partial charge in [-0.05, 0) is 24.3 Å². The lowest BCUT2D eigenvalue weighted by atomic mass is 10.2. The van der Waals surface area contributed by atoms with Gasteiger partial charge in [0.15, 0.2) is 4.34 Å². The fourth-order valence-electron chi connectivity index (χ4n) is 2.22. The second-order valence-electron chi connectivity index (χ2n) is 5.49. The monoisotopic (exact) mass is 436 g/mol. The van der Waals surface area contributed by atoms with E-state index in [1.807, 2.05) is 0 Å². The third-order valence-electron chi connectivity index (χ3n) is 3.51. The van der Waals surface area contributed by atoms with E-state index in [0.717, 1.165) is 35.2 Å². The van der Waals surface area contributed by atoms with Crippen LogP contribution in [0.15, 0.2) is 46.8 Å². The van der Waals surface area contributed by atoms with Gasteiger partial charge in [0.2, 0.25) is 11.0 Å². The molecule has 150 valence electrons. The quantitative estimate of drug-likeness (QED) is 0.432. The molecule has 1 heterocycles. The molecular formula is C18H14F2N4O3S2. The number of methoxy groups -OCH3 is 1. The maximum Gasteiger partial charge on any atom is 0.260 e. The van der Waals surface area contributed by atoms with Crippen LogP contribution in [-0.2, 0) is 4.79 Å². The number of nitrogens with zero attached hydrogens (tertiary/aromatic N) is 2. The standard InChI is InChI=1S/C18H14F2N4O3S2/c1-27-14-5-3-2-4-13(14)21-15(25)9-28-18-24-23-17(29-18)22-16(26)11-7-6-10(19)8-12(11)20/h2-8H,9H2,1H3,(H,21,25)(H,22,23,26). The van der Waals surface area contributed by atoms with E-state index < -0.39 is 17.5 Å². The van der Waals surface area contributed by atoms with Gasteiger partial charge in [0.1, 0.15) is 17.4 Å². The van der Waals surface area contributed by atoms with E-state index >= 15 is 0 Å². The van der Waals surface area contributed by atoms with Gasteiger partial charge in [-0.1, -0.05) is 35.2 Å². The van der Waals surface area contributed by atoms with Crippen LogP contribution < -0.4 is 15.4 Å². The molecule has 0 saturated carbocycles. The van der Waals surface area contributed by atoms with E-state index in [1.165, 1.54) is 7.11 Å². The predicted octanol–water partition coefficient (Wildman–Crippen LogP) is 3.81. The summed E-state index contributed by atoms with van der Waals surface area (Å²) in [6, 6.07) is 9.66. The summed E-state index contributed by atoms with van der Waals surface area (Å²) in [5.41, 5.74) is 0.235. The molecule has 0 unspecified atom stereocenters. The highest BCUT2D eigenvalue weighted by molar-refractivity contribution is 8.01. The number of hydrogen-bond acceptors (Lipinski definition) is 7. The molecule has 0 saturated heterocycles. The summed E-state index contributed by atoms with van der Waals surface area (Å²) in [5, 5.41) is 12.9. The van der Waals surface area contributed by atoms with E-state index in [-0.39, 0.29) is 22.4 Å². The van der Waals surface area contributed by atoms with Crippen LogP contribution in [0.3, 0.4) is 0 Å². The van der Waals surface area contributed by atoms with Crippen LogP contribution in [0.25, 0.3) is 0 Å². The van der Waals surface area contributed by atoms with Gasteiger partial charge in [-0.15, -0.1) is 10.2 Å². The molecule has 0 atom stereocenters. The predicted molar refractivity (Wildman–Crippen MR) is 107 cm³/mol. The zero-order valence-electron chi connectivity index (χ0n) is 14.9. The largest absolute Gasteiger partial charge is 0.495 e. The van der Waals surface area contributed by atoms with E-state index in [2.05, 4.69) is 20.8 Å². The number of carbonyl (C=O) groups is 2. The smallest absolute Gasteiger partial charge is 0.260 e. The maximum atomic E-state index is 13.7. The number of halogens is 2. The Balaban J connectivity index is 1.55. The minimum Gasteiger partial charge on any atom is -0.495 e. The number of hydrogen-bond donors (Lipinski definition) is 2. The first-order valence-corrected chi connectivity index (χ1v) is 9.92. The summed E-state index contributed by atoms with van der Waals surface area (Å²) in [7, 11) is 1.51. The summed E-state index contributed by atoms with van der Waals surface area (Å²) < 4.78 is 32.2. The number of thioether (sulfide) groups is 1. The molecule has 7 nitrogen and oxygen atoms in total. The van der Waals surface area contributed by atoms with Crippen LogP contribution in [0.1, 0.15) is 10.4 Å². The maximum absolute atomic E-state index is 13.7. The van der Waals surface area contributed by atoms with E-state index in [4.69, 9.17) is 4.74 Å². The van der Waals surface area contributed by atoms with Crippen molar-refractivity contribution in [2.24, 2.45) is 0 Å². The second-order valence-corrected chi connectivity index (χ2v) is 7.69. The zero-order valence-corrected chi connectivity index (χ0v) is 16.6. The number of carbonyl (C=O) groups excluding carboxylic acids is 2. The first kappa shape index (κ1) is 20.7. The van der Waals surface area contributed by atoms with Crippen molar-refractivity contribution in [1.29, 1.82) is 0 Å². The van der Waals surface area contributed by atoms with Gasteiger partial charge in [0, 0.05) is 6.07 Å². The van der Waals surface area contributed by atoms with E-state index in [1.54, 1.807) is 24.3 Å². The number of rotatable bonds is 7. The fraction of sp³-hybridized carbons (Fsp3) is 0.111. The van der Waals surface area contributed by atoms with E-state index in [0.29, 0.717) is 21.8 Å². The summed E-state index contributed by atoms with van der Waals surface area (Å²) in [4.78, 5) is 24.2. The van der Waals surface area contributed by atoms with Gasteiger partial charge in [-0.2, -0.15) is 0 Å². The molecule has 3 rings (SSSR count). The van der Waals surface area contributed by atoms with Gasteiger partial charge >= 0.3 is 0 Å². The van der Waals surface area contributed by atoms with Gasteiger partial charge < -0.3 is 10.1 Å². The van der Waals surface area contributed by atoms with Gasteiger partial charge in [0.05, 0.1) is 24.1 Å². The molecule has 0 fully saturated rings. The van der Waals surface area contributed by atoms with Gasteiger partial charge in [-0.25, -0.2) is 8.78 Å². The zero-order chi connectivity index (χ0) is 20.8. The molecular weight excluding hydrogens is 422 g/mol. The normalized spacial score (nSPS) is 10.4. The van der Waals surface area contributed by atoms with Crippen molar-refractivity contribution in [3.05, 3.63) is 59.7 Å². The van der Waals surface area contributed by atoms with Crippen molar-refractivity contribution in [2.45, 2.75) is 4.34 Å². The SMILES string of the molecule is COc1ccccc1NC(=O)CSc1nnc(NC(=O)c2ccc(F)cc2F)s1. The van der Waals surface area contributed by atoms with Crippen molar-refractivity contribution in [2.75, 3.05) is 23.5 Å². The highest BCUT2D eigenvalue weighted by Gasteiger charge is 2.16. The molecule has 0 aliphatic carbocycles. The Bertz CT molecular complexity index is 1050. The average molecular weight is 436 g/mol. The van der Waals surface area contributed by atoms with Gasteiger partial charge in [0.25, 0.3) is 5.91 Å². The van der Waals surface area contributed by atoms with Crippen LogP contribution in [0.5, 0.6) is 5.75 Å². The molecule has 0 spiro atoms. The Hall–Kier alpha value is -3.05. The Kier molecular flexibility index (Phi) is 6.73. The van der Waals surface area contributed by atoms with Crippen molar-refractivity contribution < 1.29 is 23.1 Å². The fourth-order valence-corrected chi connectivity index (χ4v) is 3.77. The first-order chi connectivity index (χ1) is 14.0. The van der Waals surface area contributed by atoms with Crippen LogP contribution in [-0.4, -0.2) is 34.9 Å². The van der Waals surface area contributed by atoms with Crippen molar-refractivity contribution in [3.8, 4) is 5.75 Å². The number of nitrogens with one attached hydrogen (secondary N) is 2. The third kappa shape index (κ3) is 5.48. The third-order valence-corrected chi connectivity index (χ3v) is 5.48. The minimum absolute atomic E-state index is 0.0627. The molecule has 3 aromatic rings. The molecule has 11 heteroatoms. The van der Waals surface area contributed by atoms with Gasteiger partial charge in [-0.3, -0.25) is 14.9 Å². The van der Waals surface area contributed by atoms with Crippen LogP contribution in [0.2, 0.25) is 0 Å². The molecule has 29 heavy (non-hydrogen) atoms. The molecule has 1 aromatic heterocycles. The molecule has 0 aliphatic heterocycles. The summed E-state index contributed by atoms with van der Waals surface area (Å²) >= 11 is 2.16. The Morgan fingerprint density at radius 3 is 2.69 bits per heavy atom. The molecule has 0 aliphatic rings. The number of aromatic nitrogens is 2. The molecule has 2 aromatic carbocycles. The summed E-state index contributed by atoms with van der Waals surface area (Å²) in [5.74, 6) is -2.19. The minimum atomic E-state index is -0.977. The van der Waals surface area contributed by atoms with Crippen molar-refractivity contribution in [1.82, 2.24) is 10.2 Å². The molecule has 2 N–H and O–H groups in total. The highest BCUT2D eigenvalue weighted by Crippen LogP contribution is 2.27. The molecule has 0 bridgehead atoms. The van der Waals surface area contributed by atoms with Crippen LogP contribution in [0.4, 0.5) is 19.6 Å². The molecule has 2 amide bonds. The Morgan fingerprint density at radius 2 is 1.93 bits per heavy atom. The second kappa shape index (κ2) is 9.43. The number of anilines is 2. The van der Waals surface area contributed by atoms with Crippen molar-refractivity contribution >= 4 is 45.7 Å². The van der Waals surface area contributed by atoms with Crippen molar-refractivity contribution in [3.63, 3.8) is 0 Å². The topological polar surface area (TPSA) is 93.2 Å². The Morgan fingerprint density at radius 1 is 1.14 bits per heavy atom. The number of ether oxygens (including phenoxy) is 1. The lowest BCUT2D eigenvalue weighted by Crippen LogP contribution is -2.14. The number of benzene rings is 2. The van der Waals surface area contributed by atoms with Crippen LogP contribution in [0, 0.1) is 11.6 Å². The first-order valence-electron chi connectivity index (χ1n) is 8.12. The Labute approximate surface area is 172 Å². The highest BCUT2D eigenvalue weighted by atomic mass is 32.2. The summed E-state index contributed by atoms with van der Waals surface area (Å²) in [6.07, 6.45) is 0.